The number of hydrogen-bond acceptors (Lipinski definition) is 2. The van der Waals surface area contributed by atoms with Gasteiger partial charge in [0.2, 0.25) is 11.8 Å². The number of amides is 2. The van der Waals surface area contributed by atoms with Gasteiger partial charge in [-0.1, -0.05) is 12.0 Å². The van der Waals surface area contributed by atoms with Crippen molar-refractivity contribution < 1.29 is 9.59 Å². The summed E-state index contributed by atoms with van der Waals surface area (Å²) < 4.78 is 0. The normalized spacial score (nSPS) is 31.3. The number of rotatable bonds is 5. The average molecular weight is 350 g/mol. The fraction of sp³-hybridized carbons (Fsp3) is 0.545. The van der Waals surface area contributed by atoms with E-state index in [4.69, 9.17) is 6.42 Å². The van der Waals surface area contributed by atoms with E-state index in [1.54, 1.807) is 6.07 Å². The smallest absolute Gasteiger partial charge is 0.226 e. The topological polar surface area (TPSA) is 58.2 Å². The van der Waals surface area contributed by atoms with Gasteiger partial charge in [-0.25, -0.2) is 0 Å². The molecule has 1 aromatic rings. The summed E-state index contributed by atoms with van der Waals surface area (Å²) in [5.74, 6) is 4.87. The van der Waals surface area contributed by atoms with E-state index in [1.165, 1.54) is 19.3 Å². The Balaban J connectivity index is 1.27. The van der Waals surface area contributed by atoms with Crippen LogP contribution in [-0.4, -0.2) is 18.4 Å². The minimum Gasteiger partial charge on any atom is -0.355 e. The standard InChI is InChI=1S/C22H26N2O2/c1-2-15-4-3-5-19(11-15)24-20(25)6-7-23-21(26)22-12-16-8-17(13-22)10-18(9-16)14-22/h1,3-5,11,16-18H,6-10,12-14H2,(H,23,26)(H,24,25). The highest BCUT2D eigenvalue weighted by atomic mass is 16.2. The lowest BCUT2D eigenvalue weighted by molar-refractivity contribution is -0.146. The van der Waals surface area contributed by atoms with Gasteiger partial charge in [0.15, 0.2) is 0 Å². The van der Waals surface area contributed by atoms with Crippen molar-refractivity contribution in [3.63, 3.8) is 0 Å². The molecule has 4 saturated carbocycles. The molecule has 5 rings (SSSR count). The van der Waals surface area contributed by atoms with Crippen molar-refractivity contribution in [2.24, 2.45) is 23.2 Å². The Morgan fingerprint density at radius 3 is 2.38 bits per heavy atom. The summed E-state index contributed by atoms with van der Waals surface area (Å²) >= 11 is 0. The van der Waals surface area contributed by atoms with Crippen LogP contribution in [0.1, 0.15) is 50.5 Å². The van der Waals surface area contributed by atoms with Gasteiger partial charge >= 0.3 is 0 Å². The molecule has 4 bridgehead atoms. The number of hydrogen-bond donors (Lipinski definition) is 2. The molecule has 136 valence electrons. The van der Waals surface area contributed by atoms with Crippen LogP contribution in [0.15, 0.2) is 24.3 Å². The molecule has 4 heteroatoms. The van der Waals surface area contributed by atoms with Gasteiger partial charge in [0.25, 0.3) is 0 Å². The van der Waals surface area contributed by atoms with Crippen molar-refractivity contribution in [3.05, 3.63) is 29.8 Å². The van der Waals surface area contributed by atoms with Crippen molar-refractivity contribution in [1.82, 2.24) is 5.32 Å². The summed E-state index contributed by atoms with van der Waals surface area (Å²) in [7, 11) is 0. The fourth-order valence-corrected chi connectivity index (χ4v) is 5.78. The highest BCUT2D eigenvalue weighted by Crippen LogP contribution is 2.60. The zero-order chi connectivity index (χ0) is 18.1. The van der Waals surface area contributed by atoms with E-state index in [-0.39, 0.29) is 23.7 Å². The van der Waals surface area contributed by atoms with E-state index in [2.05, 4.69) is 16.6 Å². The zero-order valence-electron chi connectivity index (χ0n) is 15.1. The van der Waals surface area contributed by atoms with Crippen molar-refractivity contribution in [1.29, 1.82) is 0 Å². The first-order valence-corrected chi connectivity index (χ1v) is 9.71. The van der Waals surface area contributed by atoms with Gasteiger partial charge in [0.1, 0.15) is 0 Å². The minimum absolute atomic E-state index is 0.106. The molecule has 4 aliphatic rings. The SMILES string of the molecule is C#Cc1cccc(NC(=O)CCNC(=O)C23CC4CC(CC(C4)C2)C3)c1. The number of carbonyl (C=O) groups is 2. The Labute approximate surface area is 155 Å². The predicted octanol–water partition coefficient (Wildman–Crippen LogP) is 3.33. The van der Waals surface area contributed by atoms with E-state index in [1.807, 2.05) is 18.2 Å². The van der Waals surface area contributed by atoms with Crippen LogP contribution >= 0.6 is 0 Å². The largest absolute Gasteiger partial charge is 0.355 e. The number of terminal acetylenes is 1. The second kappa shape index (κ2) is 6.79. The molecule has 0 heterocycles. The lowest BCUT2D eigenvalue weighted by Gasteiger charge is -2.55. The van der Waals surface area contributed by atoms with E-state index >= 15 is 0 Å². The molecule has 2 N–H and O–H groups in total. The maximum Gasteiger partial charge on any atom is 0.226 e. The minimum atomic E-state index is -0.146. The molecule has 0 atom stereocenters. The molecule has 0 radical (unpaired) electrons. The molecule has 0 unspecified atom stereocenters. The van der Waals surface area contributed by atoms with Crippen LogP contribution in [0, 0.1) is 35.5 Å². The van der Waals surface area contributed by atoms with E-state index in [0.29, 0.717) is 12.2 Å². The van der Waals surface area contributed by atoms with Gasteiger partial charge in [-0.2, -0.15) is 0 Å². The number of benzene rings is 1. The third-order valence-corrected chi connectivity index (χ3v) is 6.47. The first-order valence-electron chi connectivity index (χ1n) is 9.71. The van der Waals surface area contributed by atoms with E-state index in [9.17, 15) is 9.59 Å². The Hall–Kier alpha value is -2.28. The summed E-state index contributed by atoms with van der Waals surface area (Å²) in [5.41, 5.74) is 1.28. The van der Waals surface area contributed by atoms with Crippen LogP contribution in [0.25, 0.3) is 0 Å². The van der Waals surface area contributed by atoms with Gasteiger partial charge in [-0.05, 0) is 74.5 Å². The van der Waals surface area contributed by atoms with Crippen molar-refractivity contribution in [2.75, 3.05) is 11.9 Å². The molecular formula is C22H26N2O2. The monoisotopic (exact) mass is 350 g/mol. The molecule has 2 amide bonds. The lowest BCUT2D eigenvalue weighted by Crippen LogP contribution is -2.53. The maximum absolute atomic E-state index is 12.9. The van der Waals surface area contributed by atoms with Gasteiger partial charge in [0, 0.05) is 29.6 Å². The fourth-order valence-electron chi connectivity index (χ4n) is 5.78. The third-order valence-electron chi connectivity index (χ3n) is 6.47. The Kier molecular flexibility index (Phi) is 4.48. The van der Waals surface area contributed by atoms with Gasteiger partial charge < -0.3 is 10.6 Å². The summed E-state index contributed by atoms with van der Waals surface area (Å²) in [6.45, 7) is 0.390. The molecule has 4 aliphatic carbocycles. The summed E-state index contributed by atoms with van der Waals surface area (Å²) in [6.07, 6.45) is 12.8. The predicted molar refractivity (Wildman–Crippen MR) is 101 cm³/mol. The van der Waals surface area contributed by atoms with Crippen LogP contribution in [-0.2, 0) is 9.59 Å². The molecule has 4 fully saturated rings. The van der Waals surface area contributed by atoms with Gasteiger partial charge in [-0.3, -0.25) is 9.59 Å². The third kappa shape index (κ3) is 3.35. The molecule has 0 aromatic heterocycles. The molecule has 0 saturated heterocycles. The summed E-state index contributed by atoms with van der Waals surface area (Å²) in [5, 5.41) is 5.89. The highest BCUT2D eigenvalue weighted by Gasteiger charge is 2.54. The molecule has 0 spiro atoms. The summed E-state index contributed by atoms with van der Waals surface area (Å²) in [6, 6.07) is 7.22. The van der Waals surface area contributed by atoms with Crippen molar-refractivity contribution in [2.45, 2.75) is 44.9 Å². The van der Waals surface area contributed by atoms with Crippen LogP contribution in [0.3, 0.4) is 0 Å². The molecule has 1 aromatic carbocycles. The highest BCUT2D eigenvalue weighted by molar-refractivity contribution is 5.91. The zero-order valence-corrected chi connectivity index (χ0v) is 15.1. The lowest BCUT2D eigenvalue weighted by atomic mass is 9.49. The van der Waals surface area contributed by atoms with Crippen LogP contribution in [0.4, 0.5) is 5.69 Å². The van der Waals surface area contributed by atoms with Crippen molar-refractivity contribution in [3.8, 4) is 12.3 Å². The van der Waals surface area contributed by atoms with Crippen LogP contribution < -0.4 is 10.6 Å². The maximum atomic E-state index is 12.9. The summed E-state index contributed by atoms with van der Waals surface area (Å²) in [4.78, 5) is 25.0. The molecular weight excluding hydrogens is 324 g/mol. The number of carbonyl (C=O) groups excluding carboxylic acids is 2. The van der Waals surface area contributed by atoms with Crippen molar-refractivity contribution >= 4 is 17.5 Å². The molecule has 4 nitrogen and oxygen atoms in total. The van der Waals surface area contributed by atoms with E-state index in [0.717, 1.165) is 42.6 Å². The Morgan fingerprint density at radius 1 is 1.12 bits per heavy atom. The second-order valence-corrected chi connectivity index (χ2v) is 8.48. The van der Waals surface area contributed by atoms with E-state index < -0.39 is 0 Å². The second-order valence-electron chi connectivity index (χ2n) is 8.48. The number of anilines is 1. The van der Waals surface area contributed by atoms with Gasteiger partial charge in [-0.15, -0.1) is 6.42 Å². The average Bonchev–Trinajstić information content (AvgIpc) is 2.60. The number of nitrogens with one attached hydrogen (secondary N) is 2. The molecule has 0 aliphatic heterocycles. The quantitative estimate of drug-likeness (QED) is 0.800. The Bertz CT molecular complexity index is 726. The van der Waals surface area contributed by atoms with Crippen LogP contribution in [0.5, 0.6) is 0 Å². The molecule has 26 heavy (non-hydrogen) atoms. The first kappa shape index (κ1) is 17.1. The first-order chi connectivity index (χ1) is 12.6. The van der Waals surface area contributed by atoms with Crippen LogP contribution in [0.2, 0.25) is 0 Å². The van der Waals surface area contributed by atoms with Gasteiger partial charge in [0.05, 0.1) is 0 Å². The Morgan fingerprint density at radius 2 is 1.77 bits per heavy atom.